The molecule has 1 aromatic rings. The van der Waals surface area contributed by atoms with Crippen molar-refractivity contribution in [3.63, 3.8) is 0 Å². The first-order valence-electron chi connectivity index (χ1n) is 4.51. The minimum absolute atomic E-state index is 0.106. The number of carbonyl (C=O) groups excluding carboxylic acids is 1. The second kappa shape index (κ2) is 4.58. The van der Waals surface area contributed by atoms with Crippen molar-refractivity contribution in [3.05, 3.63) is 28.8 Å². The Bertz CT molecular complexity index is 421. The molecule has 78 valence electrons. The Morgan fingerprint density at radius 1 is 1.67 bits per heavy atom. The normalized spacial score (nSPS) is 11.8. The van der Waals surface area contributed by atoms with Gasteiger partial charge in [0.25, 0.3) is 0 Å². The van der Waals surface area contributed by atoms with E-state index in [1.807, 2.05) is 6.07 Å². The molecule has 0 fully saturated rings. The van der Waals surface area contributed by atoms with Gasteiger partial charge in [0.1, 0.15) is 5.75 Å². The number of carbonyl (C=O) groups is 1. The SMILES string of the molecule is Cc1cc(C=O)c(O)c([C@H](N)CC#N)c1. The first kappa shape index (κ1) is 11.2. The Labute approximate surface area is 87.9 Å². The summed E-state index contributed by atoms with van der Waals surface area (Å²) < 4.78 is 0. The molecule has 0 bridgehead atoms. The fourth-order valence-corrected chi connectivity index (χ4v) is 1.42. The van der Waals surface area contributed by atoms with Crippen LogP contribution in [0.25, 0.3) is 0 Å². The van der Waals surface area contributed by atoms with Gasteiger partial charge < -0.3 is 10.8 Å². The van der Waals surface area contributed by atoms with Crippen molar-refractivity contribution in [2.75, 3.05) is 0 Å². The quantitative estimate of drug-likeness (QED) is 0.729. The molecule has 0 spiro atoms. The van der Waals surface area contributed by atoms with E-state index in [9.17, 15) is 9.90 Å². The molecule has 0 aliphatic carbocycles. The maximum absolute atomic E-state index is 10.6. The molecular weight excluding hydrogens is 192 g/mol. The number of aromatic hydroxyl groups is 1. The smallest absolute Gasteiger partial charge is 0.153 e. The summed E-state index contributed by atoms with van der Waals surface area (Å²) in [5.74, 6) is -0.127. The third-order valence-corrected chi connectivity index (χ3v) is 2.15. The highest BCUT2D eigenvalue weighted by molar-refractivity contribution is 5.80. The predicted molar refractivity (Wildman–Crippen MR) is 55.4 cm³/mol. The molecule has 1 atom stereocenters. The van der Waals surface area contributed by atoms with Crippen LogP contribution >= 0.6 is 0 Å². The Morgan fingerprint density at radius 2 is 2.33 bits per heavy atom. The lowest BCUT2D eigenvalue weighted by Crippen LogP contribution is -2.10. The summed E-state index contributed by atoms with van der Waals surface area (Å²) in [6.07, 6.45) is 0.681. The first-order chi connectivity index (χ1) is 7.10. The summed E-state index contributed by atoms with van der Waals surface area (Å²) in [5, 5.41) is 18.2. The lowest BCUT2D eigenvalue weighted by atomic mass is 9.98. The van der Waals surface area contributed by atoms with Crippen LogP contribution < -0.4 is 5.73 Å². The monoisotopic (exact) mass is 204 g/mol. The molecule has 0 aliphatic rings. The molecule has 1 rings (SSSR count). The van der Waals surface area contributed by atoms with Crippen LogP contribution in [0.5, 0.6) is 5.75 Å². The van der Waals surface area contributed by atoms with Crippen molar-refractivity contribution >= 4 is 6.29 Å². The molecule has 3 N–H and O–H groups in total. The molecule has 0 unspecified atom stereocenters. The van der Waals surface area contributed by atoms with E-state index in [0.717, 1.165) is 5.56 Å². The molecule has 15 heavy (non-hydrogen) atoms. The number of phenolic OH excluding ortho intramolecular Hbond substituents is 1. The van der Waals surface area contributed by atoms with Crippen molar-refractivity contribution in [2.45, 2.75) is 19.4 Å². The molecule has 0 aliphatic heterocycles. The van der Waals surface area contributed by atoms with Crippen molar-refractivity contribution in [3.8, 4) is 11.8 Å². The average molecular weight is 204 g/mol. The zero-order valence-electron chi connectivity index (χ0n) is 8.40. The Morgan fingerprint density at radius 3 is 2.87 bits per heavy atom. The van der Waals surface area contributed by atoms with Crippen LogP contribution in [-0.2, 0) is 0 Å². The van der Waals surface area contributed by atoms with E-state index in [2.05, 4.69) is 0 Å². The van der Waals surface area contributed by atoms with Gasteiger partial charge in [-0.2, -0.15) is 5.26 Å². The van der Waals surface area contributed by atoms with Gasteiger partial charge in [-0.25, -0.2) is 0 Å². The number of nitrogens with zero attached hydrogens (tertiary/aromatic N) is 1. The highest BCUT2D eigenvalue weighted by atomic mass is 16.3. The van der Waals surface area contributed by atoms with Crippen molar-refractivity contribution in [2.24, 2.45) is 5.73 Å². The van der Waals surface area contributed by atoms with Crippen molar-refractivity contribution in [1.29, 1.82) is 5.26 Å². The van der Waals surface area contributed by atoms with Crippen molar-refractivity contribution < 1.29 is 9.90 Å². The lowest BCUT2D eigenvalue weighted by Gasteiger charge is -2.12. The highest BCUT2D eigenvalue weighted by Crippen LogP contribution is 2.28. The summed E-state index contributed by atoms with van der Waals surface area (Å²) in [6.45, 7) is 1.80. The molecule has 0 saturated heterocycles. The minimum Gasteiger partial charge on any atom is -0.507 e. The Hall–Kier alpha value is -1.86. The second-order valence-electron chi connectivity index (χ2n) is 3.38. The molecule has 1 aromatic carbocycles. The summed E-state index contributed by atoms with van der Waals surface area (Å²) in [5.41, 5.74) is 7.18. The van der Waals surface area contributed by atoms with E-state index in [0.29, 0.717) is 11.8 Å². The van der Waals surface area contributed by atoms with Crippen molar-refractivity contribution in [1.82, 2.24) is 0 Å². The molecule has 0 radical (unpaired) electrons. The summed E-state index contributed by atoms with van der Waals surface area (Å²) in [4.78, 5) is 10.6. The molecule has 0 heterocycles. The maximum Gasteiger partial charge on any atom is 0.153 e. The van der Waals surface area contributed by atoms with Gasteiger partial charge >= 0.3 is 0 Å². The first-order valence-corrected chi connectivity index (χ1v) is 4.51. The van der Waals surface area contributed by atoms with E-state index in [4.69, 9.17) is 11.0 Å². The van der Waals surface area contributed by atoms with E-state index in [1.54, 1.807) is 19.1 Å². The number of benzene rings is 1. The van der Waals surface area contributed by atoms with Gasteiger partial charge in [-0.15, -0.1) is 0 Å². The number of aldehydes is 1. The molecule has 0 aromatic heterocycles. The largest absolute Gasteiger partial charge is 0.507 e. The number of rotatable bonds is 3. The third kappa shape index (κ3) is 2.33. The Kier molecular flexibility index (Phi) is 3.42. The van der Waals surface area contributed by atoms with Gasteiger partial charge in [0.05, 0.1) is 18.1 Å². The van der Waals surface area contributed by atoms with E-state index in [-0.39, 0.29) is 17.7 Å². The topological polar surface area (TPSA) is 87.1 Å². The number of phenols is 1. The van der Waals surface area contributed by atoms with E-state index in [1.165, 1.54) is 0 Å². The van der Waals surface area contributed by atoms with Gasteiger partial charge in [-0.3, -0.25) is 4.79 Å². The molecule has 4 heteroatoms. The molecular formula is C11H12N2O2. The van der Waals surface area contributed by atoms with Gasteiger partial charge in [0.2, 0.25) is 0 Å². The second-order valence-corrected chi connectivity index (χ2v) is 3.38. The maximum atomic E-state index is 10.6. The third-order valence-electron chi connectivity index (χ3n) is 2.15. The number of nitriles is 1. The average Bonchev–Trinajstić information content (AvgIpc) is 2.21. The fourth-order valence-electron chi connectivity index (χ4n) is 1.42. The molecule has 0 saturated carbocycles. The van der Waals surface area contributed by atoms with Gasteiger partial charge in [0, 0.05) is 11.6 Å². The zero-order valence-corrected chi connectivity index (χ0v) is 8.40. The number of nitrogens with two attached hydrogens (primary N) is 1. The zero-order chi connectivity index (χ0) is 11.4. The number of hydrogen-bond acceptors (Lipinski definition) is 4. The van der Waals surface area contributed by atoms with Crippen LogP contribution in [0, 0.1) is 18.3 Å². The fraction of sp³-hybridized carbons (Fsp3) is 0.273. The van der Waals surface area contributed by atoms with E-state index < -0.39 is 6.04 Å². The van der Waals surface area contributed by atoms with Crippen LogP contribution in [0.2, 0.25) is 0 Å². The number of aryl methyl sites for hydroxylation is 1. The number of hydrogen-bond donors (Lipinski definition) is 2. The standard InChI is InChI=1S/C11H12N2O2/c1-7-4-8(6-14)11(15)9(5-7)10(13)2-3-12/h4-6,10,15H,2,13H2,1H3/t10-/m1/s1. The van der Waals surface area contributed by atoms with Crippen LogP contribution in [0.4, 0.5) is 0 Å². The molecule has 0 amide bonds. The van der Waals surface area contributed by atoms with E-state index >= 15 is 0 Å². The van der Waals surface area contributed by atoms with Crippen LogP contribution in [-0.4, -0.2) is 11.4 Å². The predicted octanol–water partition coefficient (Wildman–Crippen LogP) is 1.43. The summed E-state index contributed by atoms with van der Waals surface area (Å²) >= 11 is 0. The lowest BCUT2D eigenvalue weighted by molar-refractivity contribution is 0.112. The van der Waals surface area contributed by atoms with Gasteiger partial charge in [0.15, 0.2) is 6.29 Å². The van der Waals surface area contributed by atoms with Gasteiger partial charge in [-0.1, -0.05) is 6.07 Å². The minimum atomic E-state index is -0.561. The van der Waals surface area contributed by atoms with Crippen LogP contribution in [0.1, 0.15) is 33.9 Å². The Balaban J connectivity index is 3.23. The highest BCUT2D eigenvalue weighted by Gasteiger charge is 2.14. The van der Waals surface area contributed by atoms with Gasteiger partial charge in [-0.05, 0) is 18.6 Å². The molecule has 4 nitrogen and oxygen atoms in total. The summed E-state index contributed by atoms with van der Waals surface area (Å²) in [7, 11) is 0. The van der Waals surface area contributed by atoms with Crippen LogP contribution in [0.15, 0.2) is 12.1 Å². The van der Waals surface area contributed by atoms with Crippen LogP contribution in [0.3, 0.4) is 0 Å². The summed E-state index contributed by atoms with van der Waals surface area (Å²) in [6, 6.07) is 4.62.